The van der Waals surface area contributed by atoms with E-state index < -0.39 is 6.10 Å². The lowest BCUT2D eigenvalue weighted by Crippen LogP contribution is -2.31. The number of pyridine rings is 1. The van der Waals surface area contributed by atoms with Crippen LogP contribution in [-0.4, -0.2) is 39.7 Å². The Bertz CT molecular complexity index is 766. The maximum atomic E-state index is 13.6. The predicted molar refractivity (Wildman–Crippen MR) is 90.8 cm³/mol. The zero-order valence-electron chi connectivity index (χ0n) is 14.2. The number of hydrogen-bond donors (Lipinski definition) is 1. The molecule has 132 valence electrons. The van der Waals surface area contributed by atoms with Gasteiger partial charge in [0.2, 0.25) is 5.88 Å². The molecule has 2 heterocycles. The van der Waals surface area contributed by atoms with Crippen molar-refractivity contribution in [3.63, 3.8) is 0 Å². The van der Waals surface area contributed by atoms with Gasteiger partial charge in [-0.15, -0.1) is 0 Å². The van der Waals surface area contributed by atoms with E-state index in [1.54, 1.807) is 29.2 Å². The van der Waals surface area contributed by atoms with E-state index in [1.165, 1.54) is 18.3 Å². The summed E-state index contributed by atoms with van der Waals surface area (Å²) in [6.07, 6.45) is 1.22. The van der Waals surface area contributed by atoms with Crippen molar-refractivity contribution in [2.24, 2.45) is 0 Å². The van der Waals surface area contributed by atoms with Gasteiger partial charge < -0.3 is 14.7 Å². The molecular formula is C19H21FN2O3. The number of hydrogen-bond acceptors (Lipinski definition) is 4. The van der Waals surface area contributed by atoms with Crippen LogP contribution in [0.1, 0.15) is 42.2 Å². The number of benzene rings is 1. The van der Waals surface area contributed by atoms with Gasteiger partial charge in [0, 0.05) is 24.4 Å². The Morgan fingerprint density at radius 3 is 2.88 bits per heavy atom. The average Bonchev–Trinajstić information content (AvgIpc) is 2.96. The van der Waals surface area contributed by atoms with Crippen LogP contribution in [0.15, 0.2) is 42.6 Å². The van der Waals surface area contributed by atoms with Gasteiger partial charge in [-0.3, -0.25) is 4.79 Å². The van der Waals surface area contributed by atoms with E-state index in [-0.39, 0.29) is 30.4 Å². The molecule has 1 fully saturated rings. The molecule has 25 heavy (non-hydrogen) atoms. The standard InChI is InChI=1S/C19H21FN2O3/c1-12(2)25-18-9-14(6-7-21-18)19(24)22-11-16(23)10-17(22)13-4-3-5-15(20)8-13/h3-9,12,16-17,23H,10-11H2,1-2H3/t16-,17+/m1/s1. The van der Waals surface area contributed by atoms with Crippen molar-refractivity contribution in [2.45, 2.75) is 38.5 Å². The van der Waals surface area contributed by atoms with Crippen molar-refractivity contribution in [2.75, 3.05) is 6.54 Å². The van der Waals surface area contributed by atoms with Crippen LogP contribution in [0.3, 0.4) is 0 Å². The lowest BCUT2D eigenvalue weighted by atomic mass is 10.0. The zero-order chi connectivity index (χ0) is 18.0. The van der Waals surface area contributed by atoms with Gasteiger partial charge in [-0.25, -0.2) is 9.37 Å². The number of carbonyl (C=O) groups is 1. The minimum absolute atomic E-state index is 0.0495. The van der Waals surface area contributed by atoms with Gasteiger partial charge in [0.15, 0.2) is 0 Å². The Morgan fingerprint density at radius 1 is 1.36 bits per heavy atom. The van der Waals surface area contributed by atoms with Crippen molar-refractivity contribution in [1.29, 1.82) is 0 Å². The topological polar surface area (TPSA) is 62.7 Å². The second kappa shape index (κ2) is 7.19. The molecule has 1 N–H and O–H groups in total. The molecular weight excluding hydrogens is 323 g/mol. The number of aromatic nitrogens is 1. The van der Waals surface area contributed by atoms with Crippen molar-refractivity contribution in [1.82, 2.24) is 9.88 Å². The normalized spacial score (nSPS) is 20.1. The highest BCUT2D eigenvalue weighted by atomic mass is 19.1. The highest BCUT2D eigenvalue weighted by molar-refractivity contribution is 5.95. The van der Waals surface area contributed by atoms with Gasteiger partial charge in [-0.2, -0.15) is 0 Å². The Morgan fingerprint density at radius 2 is 2.16 bits per heavy atom. The van der Waals surface area contributed by atoms with Crippen LogP contribution in [0.25, 0.3) is 0 Å². The second-order valence-electron chi connectivity index (χ2n) is 6.47. The Kier molecular flexibility index (Phi) is 4.99. The zero-order valence-corrected chi connectivity index (χ0v) is 14.2. The van der Waals surface area contributed by atoms with E-state index in [1.807, 2.05) is 13.8 Å². The number of aliphatic hydroxyl groups excluding tert-OH is 1. The number of β-amino-alcohol motifs (C(OH)–C–C–N with tert-alkyl or cyclic N) is 1. The summed E-state index contributed by atoms with van der Waals surface area (Å²) < 4.78 is 19.1. The first-order valence-corrected chi connectivity index (χ1v) is 8.31. The molecule has 3 rings (SSSR count). The number of likely N-dealkylation sites (tertiary alicyclic amines) is 1. The van der Waals surface area contributed by atoms with Crippen molar-refractivity contribution >= 4 is 5.91 Å². The molecule has 0 saturated carbocycles. The van der Waals surface area contributed by atoms with Crippen molar-refractivity contribution < 1.29 is 19.0 Å². The molecule has 1 aromatic heterocycles. The number of amides is 1. The SMILES string of the molecule is CC(C)Oc1cc(C(=O)N2C[C@H](O)C[C@H]2c2cccc(F)c2)ccn1. The molecule has 1 aliphatic rings. The van der Waals surface area contributed by atoms with Gasteiger partial charge in [0.05, 0.1) is 18.2 Å². The summed E-state index contributed by atoms with van der Waals surface area (Å²) >= 11 is 0. The minimum Gasteiger partial charge on any atom is -0.475 e. The van der Waals surface area contributed by atoms with E-state index in [2.05, 4.69) is 4.98 Å². The van der Waals surface area contributed by atoms with Gasteiger partial charge in [0.1, 0.15) is 5.82 Å². The van der Waals surface area contributed by atoms with Crippen LogP contribution in [0.5, 0.6) is 5.88 Å². The monoisotopic (exact) mass is 344 g/mol. The third-order valence-electron chi connectivity index (χ3n) is 4.11. The fourth-order valence-corrected chi connectivity index (χ4v) is 3.08. The fourth-order valence-electron chi connectivity index (χ4n) is 3.08. The van der Waals surface area contributed by atoms with Gasteiger partial charge in [0.25, 0.3) is 5.91 Å². The van der Waals surface area contributed by atoms with E-state index in [9.17, 15) is 14.3 Å². The van der Waals surface area contributed by atoms with Crippen LogP contribution in [0.2, 0.25) is 0 Å². The molecule has 0 radical (unpaired) electrons. The first-order valence-electron chi connectivity index (χ1n) is 8.31. The molecule has 2 aromatic rings. The van der Waals surface area contributed by atoms with Gasteiger partial charge >= 0.3 is 0 Å². The summed E-state index contributed by atoms with van der Waals surface area (Å²) in [7, 11) is 0. The maximum absolute atomic E-state index is 13.6. The highest BCUT2D eigenvalue weighted by Gasteiger charge is 2.36. The summed E-state index contributed by atoms with van der Waals surface area (Å²) in [5, 5.41) is 10.0. The summed E-state index contributed by atoms with van der Waals surface area (Å²) in [6.45, 7) is 3.97. The molecule has 1 aliphatic heterocycles. The molecule has 1 amide bonds. The molecule has 0 bridgehead atoms. The van der Waals surface area contributed by atoms with Crippen molar-refractivity contribution in [3.8, 4) is 5.88 Å². The molecule has 1 saturated heterocycles. The number of nitrogens with zero attached hydrogens (tertiary/aromatic N) is 2. The van der Waals surface area contributed by atoms with Crippen LogP contribution in [0, 0.1) is 5.82 Å². The smallest absolute Gasteiger partial charge is 0.254 e. The fraction of sp³-hybridized carbons (Fsp3) is 0.368. The summed E-state index contributed by atoms with van der Waals surface area (Å²) in [4.78, 5) is 18.6. The van der Waals surface area contributed by atoms with Crippen LogP contribution >= 0.6 is 0 Å². The molecule has 0 aliphatic carbocycles. The molecule has 0 spiro atoms. The summed E-state index contributed by atoms with van der Waals surface area (Å²) in [5.74, 6) is -0.215. The van der Waals surface area contributed by atoms with Gasteiger partial charge in [-0.05, 0) is 44.0 Å². The van der Waals surface area contributed by atoms with Crippen molar-refractivity contribution in [3.05, 3.63) is 59.5 Å². The van der Waals surface area contributed by atoms with Crippen LogP contribution in [-0.2, 0) is 0 Å². The Balaban J connectivity index is 1.87. The molecule has 2 atom stereocenters. The van der Waals surface area contributed by atoms with E-state index in [0.717, 1.165) is 0 Å². The minimum atomic E-state index is -0.634. The highest BCUT2D eigenvalue weighted by Crippen LogP contribution is 2.33. The Labute approximate surface area is 146 Å². The average molecular weight is 344 g/mol. The lowest BCUT2D eigenvalue weighted by molar-refractivity contribution is 0.0714. The number of aliphatic hydroxyl groups is 1. The van der Waals surface area contributed by atoms with Crippen LogP contribution in [0.4, 0.5) is 4.39 Å². The number of ether oxygens (including phenoxy) is 1. The quantitative estimate of drug-likeness (QED) is 0.926. The lowest BCUT2D eigenvalue weighted by Gasteiger charge is -2.25. The maximum Gasteiger partial charge on any atom is 0.254 e. The Hall–Kier alpha value is -2.47. The second-order valence-corrected chi connectivity index (χ2v) is 6.47. The molecule has 6 heteroatoms. The third-order valence-corrected chi connectivity index (χ3v) is 4.11. The van der Waals surface area contributed by atoms with E-state index in [0.29, 0.717) is 23.4 Å². The number of rotatable bonds is 4. The molecule has 1 aromatic carbocycles. The number of halogens is 1. The largest absolute Gasteiger partial charge is 0.475 e. The summed E-state index contributed by atoms with van der Waals surface area (Å²) in [5.41, 5.74) is 1.11. The van der Waals surface area contributed by atoms with Crippen LogP contribution < -0.4 is 4.74 Å². The first-order chi connectivity index (χ1) is 11.9. The van der Waals surface area contributed by atoms with Gasteiger partial charge in [-0.1, -0.05) is 12.1 Å². The molecule has 5 nitrogen and oxygen atoms in total. The number of carbonyl (C=O) groups excluding carboxylic acids is 1. The summed E-state index contributed by atoms with van der Waals surface area (Å²) in [6, 6.07) is 8.99. The third kappa shape index (κ3) is 3.96. The predicted octanol–water partition coefficient (Wildman–Crippen LogP) is 2.96. The molecule has 0 unspecified atom stereocenters. The van der Waals surface area contributed by atoms with E-state index in [4.69, 9.17) is 4.74 Å². The van der Waals surface area contributed by atoms with E-state index >= 15 is 0 Å². The first kappa shape index (κ1) is 17.4.